The number of hydrogen-bond donors (Lipinski definition) is 0. The lowest BCUT2D eigenvalue weighted by Crippen LogP contribution is -2.07. The largest absolute Gasteiger partial charge is 0.441 e. The van der Waals surface area contributed by atoms with E-state index in [2.05, 4.69) is 13.4 Å². The highest BCUT2D eigenvalue weighted by Gasteiger charge is 2.03. The highest BCUT2D eigenvalue weighted by molar-refractivity contribution is 7.81. The maximum absolute atomic E-state index is 9.92. The van der Waals surface area contributed by atoms with Crippen molar-refractivity contribution in [3.05, 3.63) is 24.1 Å². The minimum atomic E-state index is -3.66. The molecule has 0 radical (unpaired) electrons. The van der Waals surface area contributed by atoms with Crippen LogP contribution in [0.5, 0.6) is 0 Å². The number of aromatic nitrogens is 1. The van der Waals surface area contributed by atoms with E-state index in [-0.39, 0.29) is 0 Å². The Bertz CT molecular complexity index is 654. The van der Waals surface area contributed by atoms with Gasteiger partial charge in [0.2, 0.25) is 0 Å². The first-order valence-corrected chi connectivity index (χ1v) is 7.03. The summed E-state index contributed by atoms with van der Waals surface area (Å²) in [5.41, 5.74) is 2.90. The second kappa shape index (κ2) is 6.69. The van der Waals surface area contributed by atoms with Crippen LogP contribution in [-0.2, 0) is 18.8 Å². The molecule has 2 aromatic rings. The van der Waals surface area contributed by atoms with Gasteiger partial charge >= 0.3 is 10.4 Å². The van der Waals surface area contributed by atoms with E-state index < -0.39 is 10.4 Å². The molecule has 0 aliphatic heterocycles. The van der Waals surface area contributed by atoms with E-state index in [1.807, 2.05) is 44.1 Å². The molecule has 112 valence electrons. The van der Waals surface area contributed by atoms with E-state index in [0.29, 0.717) is 5.89 Å². The number of oxazole rings is 1. The van der Waals surface area contributed by atoms with Gasteiger partial charge in [-0.2, -0.15) is 8.42 Å². The summed E-state index contributed by atoms with van der Waals surface area (Å²) in [7, 11) is 2.40. The van der Waals surface area contributed by atoms with Gasteiger partial charge in [-0.05, 0) is 12.1 Å². The number of anilines is 1. The Morgan fingerprint density at radius 3 is 2.25 bits per heavy atom. The van der Waals surface area contributed by atoms with E-state index in [1.165, 1.54) is 0 Å². The standard InChI is InChI=1S/C10H12N2O.C2H6O4S/c1-7-11-9-5-4-8(12(2)3)6-10(9)13-7;1-5-7(3,4)6-2/h4-6H,1-3H3;1-2H3. The molecule has 1 aromatic heterocycles. The predicted molar refractivity (Wildman–Crippen MR) is 76.0 cm³/mol. The van der Waals surface area contributed by atoms with Crippen LogP contribution in [-0.4, -0.2) is 41.7 Å². The van der Waals surface area contributed by atoms with Gasteiger partial charge in [-0.15, -0.1) is 0 Å². The van der Waals surface area contributed by atoms with Crippen LogP contribution in [0, 0.1) is 6.92 Å². The Labute approximate surface area is 118 Å². The molecule has 0 atom stereocenters. The van der Waals surface area contributed by atoms with Crippen LogP contribution >= 0.6 is 0 Å². The van der Waals surface area contributed by atoms with Crippen molar-refractivity contribution in [1.82, 2.24) is 4.98 Å². The van der Waals surface area contributed by atoms with Crippen molar-refractivity contribution in [2.24, 2.45) is 0 Å². The van der Waals surface area contributed by atoms with Gasteiger partial charge in [0.15, 0.2) is 11.5 Å². The number of benzene rings is 1. The average Bonchev–Trinajstić information content (AvgIpc) is 2.78. The lowest BCUT2D eigenvalue weighted by atomic mass is 10.3. The molecule has 0 saturated heterocycles. The summed E-state index contributed by atoms with van der Waals surface area (Å²) in [6.45, 7) is 1.86. The zero-order valence-corrected chi connectivity index (χ0v) is 12.9. The molecule has 0 fully saturated rings. The fourth-order valence-electron chi connectivity index (χ4n) is 1.37. The highest BCUT2D eigenvalue weighted by atomic mass is 32.3. The summed E-state index contributed by atoms with van der Waals surface area (Å²) in [4.78, 5) is 6.27. The molecule has 0 unspecified atom stereocenters. The van der Waals surface area contributed by atoms with Crippen molar-refractivity contribution in [2.45, 2.75) is 6.92 Å². The van der Waals surface area contributed by atoms with E-state index in [4.69, 9.17) is 4.42 Å². The number of rotatable bonds is 3. The summed E-state index contributed by atoms with van der Waals surface area (Å²) in [5.74, 6) is 0.714. The first-order chi connectivity index (χ1) is 9.29. The number of aryl methyl sites for hydroxylation is 1. The van der Waals surface area contributed by atoms with Crippen molar-refractivity contribution in [2.75, 3.05) is 33.2 Å². The topological polar surface area (TPSA) is 81.9 Å². The summed E-state index contributed by atoms with van der Waals surface area (Å²) >= 11 is 0. The van der Waals surface area contributed by atoms with Crippen molar-refractivity contribution in [3.63, 3.8) is 0 Å². The van der Waals surface area contributed by atoms with Gasteiger partial charge in [-0.25, -0.2) is 4.98 Å². The number of fused-ring (bicyclic) bond motifs is 1. The van der Waals surface area contributed by atoms with Gasteiger partial charge in [0.1, 0.15) is 5.52 Å². The monoisotopic (exact) mass is 302 g/mol. The van der Waals surface area contributed by atoms with Crippen LogP contribution in [0.1, 0.15) is 5.89 Å². The summed E-state index contributed by atoms with van der Waals surface area (Å²) in [5, 5.41) is 0. The second-order valence-corrected chi connectivity index (χ2v) is 5.50. The molecule has 8 heteroatoms. The molecular formula is C12H18N2O5S. The van der Waals surface area contributed by atoms with Gasteiger partial charge in [-0.1, -0.05) is 0 Å². The molecule has 1 heterocycles. The quantitative estimate of drug-likeness (QED) is 0.853. The number of nitrogens with zero attached hydrogens (tertiary/aromatic N) is 2. The summed E-state index contributed by atoms with van der Waals surface area (Å²) in [6.07, 6.45) is 0. The van der Waals surface area contributed by atoms with Crippen LogP contribution in [0.25, 0.3) is 11.1 Å². The zero-order valence-electron chi connectivity index (χ0n) is 12.1. The van der Waals surface area contributed by atoms with Crippen molar-refractivity contribution in [1.29, 1.82) is 0 Å². The predicted octanol–water partition coefficient (Wildman–Crippen LogP) is 1.73. The molecule has 0 amide bonds. The van der Waals surface area contributed by atoms with E-state index in [0.717, 1.165) is 31.0 Å². The van der Waals surface area contributed by atoms with Gasteiger partial charge < -0.3 is 9.32 Å². The van der Waals surface area contributed by atoms with E-state index >= 15 is 0 Å². The van der Waals surface area contributed by atoms with E-state index in [9.17, 15) is 8.42 Å². The van der Waals surface area contributed by atoms with Crippen LogP contribution in [0.15, 0.2) is 22.6 Å². The van der Waals surface area contributed by atoms with Crippen LogP contribution in [0.4, 0.5) is 5.69 Å². The third-order valence-corrected chi connectivity index (χ3v) is 3.22. The smallest absolute Gasteiger partial charge is 0.399 e. The van der Waals surface area contributed by atoms with Crippen LogP contribution in [0.2, 0.25) is 0 Å². The Kier molecular flexibility index (Phi) is 5.49. The molecule has 2 rings (SSSR count). The first-order valence-electron chi connectivity index (χ1n) is 5.69. The SMILES string of the molecule is COS(=O)(=O)OC.Cc1nc2ccc(N(C)C)cc2o1. The van der Waals surface area contributed by atoms with Crippen LogP contribution in [0.3, 0.4) is 0 Å². The Morgan fingerprint density at radius 1 is 1.20 bits per heavy atom. The molecule has 20 heavy (non-hydrogen) atoms. The Hall–Kier alpha value is -1.64. The summed E-state index contributed by atoms with van der Waals surface area (Å²) in [6, 6.07) is 6.00. The maximum atomic E-state index is 9.92. The zero-order chi connectivity index (χ0) is 15.3. The molecule has 7 nitrogen and oxygen atoms in total. The molecular weight excluding hydrogens is 284 g/mol. The van der Waals surface area contributed by atoms with Gasteiger partial charge in [0, 0.05) is 32.8 Å². The molecule has 0 aliphatic carbocycles. The Balaban J connectivity index is 0.000000246. The molecule has 0 bridgehead atoms. The molecule has 0 aliphatic rings. The van der Waals surface area contributed by atoms with Crippen molar-refractivity contribution >= 4 is 27.2 Å². The first kappa shape index (κ1) is 16.4. The maximum Gasteiger partial charge on any atom is 0.399 e. The van der Waals surface area contributed by atoms with Gasteiger partial charge in [-0.3, -0.25) is 8.37 Å². The molecule has 0 spiro atoms. The van der Waals surface area contributed by atoms with Gasteiger partial charge in [0.05, 0.1) is 14.2 Å². The molecule has 1 aromatic carbocycles. The van der Waals surface area contributed by atoms with Gasteiger partial charge in [0.25, 0.3) is 0 Å². The minimum Gasteiger partial charge on any atom is -0.441 e. The molecule has 0 N–H and O–H groups in total. The summed E-state index contributed by atoms with van der Waals surface area (Å²) < 4.78 is 32.9. The van der Waals surface area contributed by atoms with Crippen molar-refractivity contribution in [3.8, 4) is 0 Å². The lowest BCUT2D eigenvalue weighted by Gasteiger charge is -2.10. The lowest BCUT2D eigenvalue weighted by molar-refractivity contribution is 0.286. The minimum absolute atomic E-state index is 0.714. The number of hydrogen-bond acceptors (Lipinski definition) is 7. The third kappa shape index (κ3) is 4.48. The Morgan fingerprint density at radius 2 is 1.80 bits per heavy atom. The second-order valence-electron chi connectivity index (χ2n) is 4.02. The third-order valence-electron chi connectivity index (χ3n) is 2.40. The van der Waals surface area contributed by atoms with Crippen LogP contribution < -0.4 is 4.90 Å². The fraction of sp³-hybridized carbons (Fsp3) is 0.417. The molecule has 0 saturated carbocycles. The van der Waals surface area contributed by atoms with Crippen molar-refractivity contribution < 1.29 is 21.2 Å². The van der Waals surface area contributed by atoms with E-state index in [1.54, 1.807) is 0 Å². The normalized spacial score (nSPS) is 11.1. The fourth-order valence-corrected chi connectivity index (χ4v) is 1.51. The average molecular weight is 302 g/mol. The highest BCUT2D eigenvalue weighted by Crippen LogP contribution is 2.20.